The molecule has 4 heterocycles. The van der Waals surface area contributed by atoms with Crippen molar-refractivity contribution < 1.29 is 9.26 Å². The molecular formula is C20H16N6O2. The molecule has 0 N–H and O–H groups in total. The van der Waals surface area contributed by atoms with Gasteiger partial charge >= 0.3 is 0 Å². The van der Waals surface area contributed by atoms with Gasteiger partial charge in [-0.25, -0.2) is 0 Å². The van der Waals surface area contributed by atoms with Gasteiger partial charge in [-0.1, -0.05) is 29.4 Å². The number of pyridine rings is 1. The fourth-order valence-corrected chi connectivity index (χ4v) is 3.06. The Morgan fingerprint density at radius 1 is 1.00 bits per heavy atom. The van der Waals surface area contributed by atoms with Gasteiger partial charge in [-0.3, -0.25) is 4.98 Å². The molecule has 138 valence electrons. The number of aromatic nitrogens is 6. The second kappa shape index (κ2) is 6.41. The van der Waals surface area contributed by atoms with Crippen LogP contribution >= 0.6 is 0 Å². The lowest BCUT2D eigenvalue weighted by atomic mass is 10.2. The summed E-state index contributed by atoms with van der Waals surface area (Å²) in [6, 6.07) is 13.5. The van der Waals surface area contributed by atoms with Gasteiger partial charge < -0.3 is 9.26 Å². The normalized spacial score (nSPS) is 11.4. The quantitative estimate of drug-likeness (QED) is 0.476. The number of nitrogens with zero attached hydrogens (tertiary/aromatic N) is 6. The van der Waals surface area contributed by atoms with Gasteiger partial charge in [0.05, 0.1) is 5.69 Å². The maximum atomic E-state index is 6.02. The van der Waals surface area contributed by atoms with Crippen LogP contribution in [0.1, 0.15) is 17.0 Å². The summed E-state index contributed by atoms with van der Waals surface area (Å²) in [5.74, 6) is 1.73. The standard InChI is InChI=1S/C20H16N6O2/c1-12-13(2)28-25-17(12)19-23-22-18-15-8-3-4-9-16(15)20(24-26(18)19)27-11-14-7-5-6-10-21-14/h3-10H,11H2,1-2H3. The van der Waals surface area contributed by atoms with Crippen molar-refractivity contribution in [1.82, 2.24) is 30.0 Å². The van der Waals surface area contributed by atoms with Crippen molar-refractivity contribution in [3.05, 3.63) is 65.7 Å². The van der Waals surface area contributed by atoms with E-state index in [9.17, 15) is 0 Å². The maximum Gasteiger partial charge on any atom is 0.240 e. The topological polar surface area (TPSA) is 91.2 Å². The Hall–Kier alpha value is -3.81. The molecule has 5 rings (SSSR count). The van der Waals surface area contributed by atoms with Crippen LogP contribution in [-0.2, 0) is 6.61 Å². The van der Waals surface area contributed by atoms with E-state index in [1.165, 1.54) is 0 Å². The molecule has 0 radical (unpaired) electrons. The predicted molar refractivity (Wildman–Crippen MR) is 102 cm³/mol. The molecule has 0 spiro atoms. The van der Waals surface area contributed by atoms with Gasteiger partial charge in [0.15, 0.2) is 11.3 Å². The fraction of sp³-hybridized carbons (Fsp3) is 0.150. The van der Waals surface area contributed by atoms with Crippen molar-refractivity contribution in [2.45, 2.75) is 20.5 Å². The molecule has 8 heteroatoms. The minimum absolute atomic E-state index is 0.308. The second-order valence-corrected chi connectivity index (χ2v) is 6.43. The number of hydrogen-bond acceptors (Lipinski definition) is 7. The van der Waals surface area contributed by atoms with Crippen LogP contribution in [0, 0.1) is 13.8 Å². The molecule has 0 aliphatic carbocycles. The summed E-state index contributed by atoms with van der Waals surface area (Å²) in [5, 5.41) is 19.2. The molecule has 0 amide bonds. The summed E-state index contributed by atoms with van der Waals surface area (Å²) in [6.07, 6.45) is 1.74. The minimum atomic E-state index is 0.308. The van der Waals surface area contributed by atoms with Gasteiger partial charge in [-0.05, 0) is 32.0 Å². The highest BCUT2D eigenvalue weighted by Crippen LogP contribution is 2.30. The zero-order chi connectivity index (χ0) is 19.1. The molecule has 0 aliphatic heterocycles. The van der Waals surface area contributed by atoms with Crippen LogP contribution in [0.5, 0.6) is 5.88 Å². The Morgan fingerprint density at radius 3 is 2.57 bits per heavy atom. The van der Waals surface area contributed by atoms with E-state index in [4.69, 9.17) is 9.26 Å². The van der Waals surface area contributed by atoms with Crippen LogP contribution in [-0.4, -0.2) is 30.0 Å². The molecule has 0 aliphatic rings. The van der Waals surface area contributed by atoms with Gasteiger partial charge in [0, 0.05) is 22.5 Å². The lowest BCUT2D eigenvalue weighted by Gasteiger charge is -2.09. The zero-order valence-electron chi connectivity index (χ0n) is 15.3. The lowest BCUT2D eigenvalue weighted by Crippen LogP contribution is -2.04. The number of hydrogen-bond donors (Lipinski definition) is 0. The first kappa shape index (κ1) is 16.4. The highest BCUT2D eigenvalue weighted by Gasteiger charge is 2.20. The van der Waals surface area contributed by atoms with E-state index in [1.807, 2.05) is 56.3 Å². The van der Waals surface area contributed by atoms with E-state index in [0.29, 0.717) is 29.7 Å². The monoisotopic (exact) mass is 372 g/mol. The van der Waals surface area contributed by atoms with E-state index >= 15 is 0 Å². The first-order chi connectivity index (χ1) is 13.7. The van der Waals surface area contributed by atoms with Crippen molar-refractivity contribution in [3.8, 4) is 17.4 Å². The van der Waals surface area contributed by atoms with E-state index < -0.39 is 0 Å². The maximum absolute atomic E-state index is 6.02. The molecule has 0 fully saturated rings. The van der Waals surface area contributed by atoms with E-state index in [2.05, 4.69) is 25.4 Å². The third-order valence-electron chi connectivity index (χ3n) is 4.68. The van der Waals surface area contributed by atoms with Gasteiger partial charge in [0.1, 0.15) is 12.4 Å². The molecular weight excluding hydrogens is 356 g/mol. The van der Waals surface area contributed by atoms with E-state index in [1.54, 1.807) is 10.7 Å². The molecule has 28 heavy (non-hydrogen) atoms. The molecule has 8 nitrogen and oxygen atoms in total. The second-order valence-electron chi connectivity index (χ2n) is 6.43. The molecule has 0 atom stereocenters. The number of ether oxygens (including phenoxy) is 1. The van der Waals surface area contributed by atoms with Crippen LogP contribution in [0.3, 0.4) is 0 Å². The average Bonchev–Trinajstić information content (AvgIpc) is 3.30. The Labute approximate surface area is 159 Å². The first-order valence-electron chi connectivity index (χ1n) is 8.82. The summed E-state index contributed by atoms with van der Waals surface area (Å²) in [4.78, 5) is 4.30. The van der Waals surface area contributed by atoms with E-state index in [0.717, 1.165) is 27.8 Å². The number of fused-ring (bicyclic) bond motifs is 3. The summed E-state index contributed by atoms with van der Waals surface area (Å²) in [5.41, 5.74) is 2.97. The summed E-state index contributed by atoms with van der Waals surface area (Å²) >= 11 is 0. The summed E-state index contributed by atoms with van der Waals surface area (Å²) in [7, 11) is 0. The highest BCUT2D eigenvalue weighted by atomic mass is 16.5. The highest BCUT2D eigenvalue weighted by molar-refractivity contribution is 5.97. The Bertz CT molecular complexity index is 1290. The third-order valence-corrected chi connectivity index (χ3v) is 4.68. The molecule has 0 saturated carbocycles. The van der Waals surface area contributed by atoms with Gasteiger partial charge in [-0.2, -0.15) is 4.52 Å². The molecule has 4 aromatic heterocycles. The molecule has 1 aromatic carbocycles. The van der Waals surface area contributed by atoms with Crippen LogP contribution in [0.4, 0.5) is 0 Å². The van der Waals surface area contributed by atoms with Gasteiger partial charge in [0.2, 0.25) is 11.7 Å². The van der Waals surface area contributed by atoms with Gasteiger partial charge in [-0.15, -0.1) is 15.3 Å². The first-order valence-corrected chi connectivity index (χ1v) is 8.82. The van der Waals surface area contributed by atoms with Crippen molar-refractivity contribution in [3.63, 3.8) is 0 Å². The number of aryl methyl sites for hydroxylation is 1. The van der Waals surface area contributed by atoms with Gasteiger partial charge in [0.25, 0.3) is 0 Å². The Morgan fingerprint density at radius 2 is 1.82 bits per heavy atom. The van der Waals surface area contributed by atoms with E-state index in [-0.39, 0.29) is 0 Å². The van der Waals surface area contributed by atoms with Crippen molar-refractivity contribution in [2.75, 3.05) is 0 Å². The predicted octanol–water partition coefficient (Wildman–Crippen LogP) is 3.52. The number of rotatable bonds is 4. The molecule has 5 aromatic rings. The molecule has 0 unspecified atom stereocenters. The van der Waals surface area contributed by atoms with Crippen LogP contribution in [0.2, 0.25) is 0 Å². The third kappa shape index (κ3) is 2.58. The van der Waals surface area contributed by atoms with Crippen LogP contribution < -0.4 is 4.74 Å². The van der Waals surface area contributed by atoms with Crippen molar-refractivity contribution >= 4 is 16.4 Å². The largest absolute Gasteiger partial charge is 0.470 e. The summed E-state index contributed by atoms with van der Waals surface area (Å²) < 4.78 is 13.0. The average molecular weight is 372 g/mol. The molecule has 0 saturated heterocycles. The van der Waals surface area contributed by atoms with Crippen LogP contribution in [0.25, 0.3) is 27.9 Å². The van der Waals surface area contributed by atoms with Crippen molar-refractivity contribution in [1.29, 1.82) is 0 Å². The Kier molecular flexibility index (Phi) is 3.75. The SMILES string of the molecule is Cc1onc(-c2nnc3c4ccccc4c(OCc4ccccn4)nn23)c1C. The zero-order valence-corrected chi connectivity index (χ0v) is 15.3. The van der Waals surface area contributed by atoms with Crippen LogP contribution in [0.15, 0.2) is 53.2 Å². The number of benzene rings is 1. The van der Waals surface area contributed by atoms with Crippen molar-refractivity contribution in [2.24, 2.45) is 0 Å². The lowest BCUT2D eigenvalue weighted by molar-refractivity contribution is 0.289. The fourth-order valence-electron chi connectivity index (χ4n) is 3.06. The smallest absolute Gasteiger partial charge is 0.240 e. The summed E-state index contributed by atoms with van der Waals surface area (Å²) in [6.45, 7) is 4.10. The Balaban J connectivity index is 1.68. The molecule has 0 bridgehead atoms. The minimum Gasteiger partial charge on any atom is -0.470 e.